The Morgan fingerprint density at radius 1 is 1.56 bits per heavy atom. The van der Waals surface area contributed by atoms with Crippen molar-refractivity contribution < 1.29 is 4.79 Å². The minimum atomic E-state index is -0.747. The van der Waals surface area contributed by atoms with Crippen LogP contribution in [-0.2, 0) is 11.3 Å². The van der Waals surface area contributed by atoms with Gasteiger partial charge in [0, 0.05) is 6.54 Å². The summed E-state index contributed by atoms with van der Waals surface area (Å²) in [5, 5.41) is 11.8. The van der Waals surface area contributed by atoms with E-state index in [0.29, 0.717) is 12.1 Å². The van der Waals surface area contributed by atoms with Gasteiger partial charge in [-0.15, -0.1) is 0 Å². The van der Waals surface area contributed by atoms with Crippen molar-refractivity contribution in [3.8, 4) is 6.07 Å². The molecule has 16 heavy (non-hydrogen) atoms. The molecule has 1 rings (SSSR count). The van der Waals surface area contributed by atoms with E-state index in [-0.39, 0.29) is 0 Å². The van der Waals surface area contributed by atoms with Crippen LogP contribution in [0.3, 0.4) is 0 Å². The molecule has 1 aromatic rings. The van der Waals surface area contributed by atoms with Gasteiger partial charge in [-0.25, -0.2) is 0 Å². The Morgan fingerprint density at radius 2 is 2.25 bits per heavy atom. The summed E-state index contributed by atoms with van der Waals surface area (Å²) >= 11 is 0. The van der Waals surface area contributed by atoms with E-state index in [0.717, 1.165) is 5.56 Å². The third kappa shape index (κ3) is 3.07. The second-order valence-electron chi connectivity index (χ2n) is 4.15. The minimum absolute atomic E-state index is 0.399. The van der Waals surface area contributed by atoms with E-state index >= 15 is 0 Å². The van der Waals surface area contributed by atoms with Crippen molar-refractivity contribution in [2.24, 2.45) is 5.73 Å². The van der Waals surface area contributed by atoms with Gasteiger partial charge in [-0.3, -0.25) is 10.1 Å². The minimum Gasteiger partial charge on any atom is -0.368 e. The third-order valence-electron chi connectivity index (χ3n) is 2.41. The lowest BCUT2D eigenvalue weighted by molar-refractivity contribution is -0.123. The zero-order valence-corrected chi connectivity index (χ0v) is 9.45. The average Bonchev–Trinajstić information content (AvgIpc) is 2.26. The smallest absolute Gasteiger partial charge is 0.237 e. The summed E-state index contributed by atoms with van der Waals surface area (Å²) in [7, 11) is 0. The van der Waals surface area contributed by atoms with E-state index in [9.17, 15) is 4.79 Å². The Kier molecular flexibility index (Phi) is 3.64. The van der Waals surface area contributed by atoms with Gasteiger partial charge in [-0.05, 0) is 31.5 Å². The van der Waals surface area contributed by atoms with Gasteiger partial charge in [-0.2, -0.15) is 5.26 Å². The van der Waals surface area contributed by atoms with E-state index in [1.54, 1.807) is 26.0 Å². The van der Waals surface area contributed by atoms with Crippen LogP contribution in [0, 0.1) is 11.3 Å². The standard InChI is InChI=1S/C12H15N3O/c1-12(2,11(14)16)15-8-10-5-3-4-9(6-10)7-13/h3-6,15H,8H2,1-2H3,(H2,14,16). The highest BCUT2D eigenvalue weighted by Gasteiger charge is 2.23. The highest BCUT2D eigenvalue weighted by atomic mass is 16.1. The van der Waals surface area contributed by atoms with Crippen LogP contribution in [0.5, 0.6) is 0 Å². The summed E-state index contributed by atoms with van der Waals surface area (Å²) in [6.45, 7) is 3.96. The van der Waals surface area contributed by atoms with Gasteiger partial charge in [-0.1, -0.05) is 12.1 Å². The van der Waals surface area contributed by atoms with Crippen LogP contribution in [0.4, 0.5) is 0 Å². The molecule has 84 valence electrons. The van der Waals surface area contributed by atoms with Gasteiger partial charge in [0.05, 0.1) is 17.2 Å². The lowest BCUT2D eigenvalue weighted by atomic mass is 10.0. The predicted molar refractivity (Wildman–Crippen MR) is 61.3 cm³/mol. The Morgan fingerprint density at radius 3 is 2.81 bits per heavy atom. The van der Waals surface area contributed by atoms with Crippen LogP contribution in [0.2, 0.25) is 0 Å². The molecule has 0 fully saturated rings. The number of carbonyl (C=O) groups excluding carboxylic acids is 1. The largest absolute Gasteiger partial charge is 0.368 e. The predicted octanol–water partition coefficient (Wildman–Crippen LogP) is 0.912. The molecule has 1 aromatic carbocycles. The first-order chi connectivity index (χ1) is 7.45. The summed E-state index contributed by atoms with van der Waals surface area (Å²) in [5.74, 6) is -0.399. The van der Waals surface area contributed by atoms with Crippen LogP contribution in [-0.4, -0.2) is 11.4 Å². The molecule has 4 heteroatoms. The van der Waals surface area contributed by atoms with E-state index in [1.807, 2.05) is 12.1 Å². The van der Waals surface area contributed by atoms with Crippen LogP contribution in [0.15, 0.2) is 24.3 Å². The van der Waals surface area contributed by atoms with Crippen LogP contribution in [0.25, 0.3) is 0 Å². The Balaban J connectivity index is 2.69. The quantitative estimate of drug-likeness (QED) is 0.786. The Labute approximate surface area is 95.1 Å². The van der Waals surface area contributed by atoms with Crippen LogP contribution < -0.4 is 11.1 Å². The van der Waals surface area contributed by atoms with Gasteiger partial charge in [0.15, 0.2) is 0 Å². The zero-order valence-electron chi connectivity index (χ0n) is 9.45. The summed E-state index contributed by atoms with van der Waals surface area (Å²) in [6, 6.07) is 9.29. The maximum atomic E-state index is 11.1. The Hall–Kier alpha value is -1.86. The van der Waals surface area contributed by atoms with Crippen LogP contribution >= 0.6 is 0 Å². The molecule has 0 saturated carbocycles. The molecule has 1 amide bonds. The van der Waals surface area contributed by atoms with Crippen molar-refractivity contribution in [1.29, 1.82) is 5.26 Å². The molecule has 3 N–H and O–H groups in total. The lowest BCUT2D eigenvalue weighted by Crippen LogP contribution is -2.50. The number of hydrogen-bond donors (Lipinski definition) is 2. The third-order valence-corrected chi connectivity index (χ3v) is 2.41. The fourth-order valence-electron chi connectivity index (χ4n) is 1.16. The molecule has 0 aliphatic rings. The molecule has 0 saturated heterocycles. The topological polar surface area (TPSA) is 78.9 Å². The lowest BCUT2D eigenvalue weighted by Gasteiger charge is -2.22. The van der Waals surface area contributed by atoms with E-state index in [2.05, 4.69) is 11.4 Å². The molecule has 0 unspecified atom stereocenters. The number of nitrogens with one attached hydrogen (secondary N) is 1. The number of amides is 1. The van der Waals surface area contributed by atoms with Gasteiger partial charge < -0.3 is 5.73 Å². The molecule has 0 bridgehead atoms. The molecular weight excluding hydrogens is 202 g/mol. The number of primary amides is 1. The van der Waals surface area contributed by atoms with Crippen molar-refractivity contribution in [2.45, 2.75) is 25.9 Å². The summed E-state index contributed by atoms with van der Waals surface area (Å²) < 4.78 is 0. The maximum Gasteiger partial charge on any atom is 0.237 e. The molecule has 4 nitrogen and oxygen atoms in total. The zero-order chi connectivity index (χ0) is 12.2. The molecule has 0 atom stereocenters. The molecule has 0 aliphatic heterocycles. The highest BCUT2D eigenvalue weighted by Crippen LogP contribution is 2.07. The monoisotopic (exact) mass is 217 g/mol. The van der Waals surface area contributed by atoms with Gasteiger partial charge >= 0.3 is 0 Å². The van der Waals surface area contributed by atoms with Gasteiger partial charge in [0.1, 0.15) is 0 Å². The number of hydrogen-bond acceptors (Lipinski definition) is 3. The van der Waals surface area contributed by atoms with Crippen molar-refractivity contribution in [1.82, 2.24) is 5.32 Å². The van der Waals surface area contributed by atoms with Crippen molar-refractivity contribution >= 4 is 5.91 Å². The van der Waals surface area contributed by atoms with E-state index in [4.69, 9.17) is 11.0 Å². The van der Waals surface area contributed by atoms with Gasteiger partial charge in [0.25, 0.3) is 0 Å². The second-order valence-corrected chi connectivity index (χ2v) is 4.15. The highest BCUT2D eigenvalue weighted by molar-refractivity contribution is 5.83. The van der Waals surface area contributed by atoms with Crippen molar-refractivity contribution in [3.05, 3.63) is 35.4 Å². The van der Waals surface area contributed by atoms with Crippen LogP contribution in [0.1, 0.15) is 25.0 Å². The molecular formula is C12H15N3O. The number of nitrogens with zero attached hydrogens (tertiary/aromatic N) is 1. The molecule has 0 aliphatic carbocycles. The van der Waals surface area contributed by atoms with Crippen molar-refractivity contribution in [3.63, 3.8) is 0 Å². The number of nitrogens with two attached hydrogens (primary N) is 1. The first-order valence-electron chi connectivity index (χ1n) is 4.99. The first-order valence-corrected chi connectivity index (χ1v) is 4.99. The maximum absolute atomic E-state index is 11.1. The summed E-state index contributed by atoms with van der Waals surface area (Å²) in [6.07, 6.45) is 0. The fraction of sp³-hybridized carbons (Fsp3) is 0.333. The van der Waals surface area contributed by atoms with Crippen molar-refractivity contribution in [2.75, 3.05) is 0 Å². The van der Waals surface area contributed by atoms with Gasteiger partial charge in [0.2, 0.25) is 5.91 Å². The molecule has 0 radical (unpaired) electrons. The molecule has 0 spiro atoms. The second kappa shape index (κ2) is 4.77. The number of nitriles is 1. The number of carbonyl (C=O) groups is 1. The van der Waals surface area contributed by atoms with E-state index in [1.165, 1.54) is 0 Å². The fourth-order valence-corrected chi connectivity index (χ4v) is 1.16. The normalized spacial score (nSPS) is 10.8. The van der Waals surface area contributed by atoms with E-state index < -0.39 is 11.4 Å². The summed E-state index contributed by atoms with van der Waals surface area (Å²) in [4.78, 5) is 11.1. The number of rotatable bonds is 4. The first kappa shape index (κ1) is 12.2. The molecule has 0 heterocycles. The number of benzene rings is 1. The molecule has 0 aromatic heterocycles. The summed E-state index contributed by atoms with van der Waals surface area (Å²) in [5.41, 5.74) is 6.05. The SMILES string of the molecule is CC(C)(NCc1cccc(C#N)c1)C(N)=O. The Bertz CT molecular complexity index is 432. The average molecular weight is 217 g/mol.